The smallest absolute Gasteiger partial charge is 0.0621 e. The van der Waals surface area contributed by atoms with Crippen LogP contribution in [0.5, 0.6) is 0 Å². The molecule has 10 heavy (non-hydrogen) atoms. The van der Waals surface area contributed by atoms with Gasteiger partial charge in [0.2, 0.25) is 0 Å². The molecule has 60 valence electrons. The molecule has 0 aromatic carbocycles. The van der Waals surface area contributed by atoms with Crippen LogP contribution in [-0.4, -0.2) is 6.54 Å². The minimum atomic E-state index is 0.694. The Morgan fingerprint density at radius 1 is 1.30 bits per heavy atom. The highest BCUT2D eigenvalue weighted by atomic mass is 14.5. The molecule has 0 aromatic heterocycles. The van der Waals surface area contributed by atoms with Gasteiger partial charge in [0.25, 0.3) is 0 Å². The van der Waals surface area contributed by atoms with E-state index in [1.54, 1.807) is 0 Å². The minimum absolute atomic E-state index is 0.694. The van der Waals surface area contributed by atoms with Crippen molar-refractivity contribution in [3.8, 4) is 6.07 Å². The maximum Gasteiger partial charge on any atom is 0.0621 e. The topological polar surface area (TPSA) is 49.8 Å². The Balaban J connectivity index is 0. The van der Waals surface area contributed by atoms with Gasteiger partial charge in [0.05, 0.1) is 6.07 Å². The van der Waals surface area contributed by atoms with Gasteiger partial charge >= 0.3 is 0 Å². The standard InChI is InChI=1S/C4H11N.C4H7N/c2*1-2-3-4-5/h2-5H2,1H3;2-3H2,1H3. The van der Waals surface area contributed by atoms with Crippen molar-refractivity contribution in [2.24, 2.45) is 5.73 Å². The Morgan fingerprint density at radius 3 is 1.90 bits per heavy atom. The summed E-state index contributed by atoms with van der Waals surface area (Å²) in [6.07, 6.45) is 4.06. The molecule has 2 nitrogen and oxygen atoms in total. The molecule has 0 aliphatic rings. The van der Waals surface area contributed by atoms with E-state index >= 15 is 0 Å². The van der Waals surface area contributed by atoms with Crippen LogP contribution in [0.15, 0.2) is 0 Å². The molecular formula is C8H18N2. The monoisotopic (exact) mass is 142 g/mol. The van der Waals surface area contributed by atoms with E-state index in [1.807, 2.05) is 13.0 Å². The lowest BCUT2D eigenvalue weighted by molar-refractivity contribution is 0.807. The van der Waals surface area contributed by atoms with Gasteiger partial charge in [-0.2, -0.15) is 5.26 Å². The SMILES string of the molecule is CCCC#N.CCCCN. The third-order valence-corrected chi connectivity index (χ3v) is 0.919. The molecule has 0 fully saturated rings. The number of hydrogen-bond donors (Lipinski definition) is 1. The van der Waals surface area contributed by atoms with Crippen molar-refractivity contribution in [3.63, 3.8) is 0 Å². The predicted octanol–water partition coefficient (Wildman–Crippen LogP) is 2.06. The number of nitrogens with two attached hydrogens (primary N) is 1. The van der Waals surface area contributed by atoms with Crippen molar-refractivity contribution in [1.82, 2.24) is 0 Å². The molecule has 0 spiro atoms. The Labute approximate surface area is 64.0 Å². The number of rotatable bonds is 3. The molecule has 0 saturated heterocycles. The molecular weight excluding hydrogens is 124 g/mol. The lowest BCUT2D eigenvalue weighted by Crippen LogP contribution is -1.95. The Morgan fingerprint density at radius 2 is 1.90 bits per heavy atom. The van der Waals surface area contributed by atoms with E-state index in [-0.39, 0.29) is 0 Å². The maximum absolute atomic E-state index is 7.82. The summed E-state index contributed by atoms with van der Waals surface area (Å²) < 4.78 is 0. The van der Waals surface area contributed by atoms with Crippen LogP contribution in [0.2, 0.25) is 0 Å². The van der Waals surface area contributed by atoms with Crippen molar-refractivity contribution in [2.45, 2.75) is 39.5 Å². The van der Waals surface area contributed by atoms with E-state index in [1.165, 1.54) is 12.8 Å². The van der Waals surface area contributed by atoms with Gasteiger partial charge < -0.3 is 5.73 Å². The fraction of sp³-hybridized carbons (Fsp3) is 0.875. The number of nitrogens with zero attached hydrogens (tertiary/aromatic N) is 1. The summed E-state index contributed by atoms with van der Waals surface area (Å²) in [6, 6.07) is 2.02. The zero-order valence-electron chi connectivity index (χ0n) is 7.06. The van der Waals surface area contributed by atoms with Gasteiger partial charge in [0, 0.05) is 6.42 Å². The average Bonchev–Trinajstić information content (AvgIpc) is 1.93. The molecule has 2 N–H and O–H groups in total. The van der Waals surface area contributed by atoms with Gasteiger partial charge in [-0.05, 0) is 19.4 Å². The summed E-state index contributed by atoms with van der Waals surface area (Å²) in [5.41, 5.74) is 5.14. The van der Waals surface area contributed by atoms with Gasteiger partial charge in [0.1, 0.15) is 0 Å². The van der Waals surface area contributed by atoms with Crippen LogP contribution in [0.3, 0.4) is 0 Å². The summed E-state index contributed by atoms with van der Waals surface area (Å²) in [4.78, 5) is 0. The number of hydrogen-bond acceptors (Lipinski definition) is 2. The minimum Gasteiger partial charge on any atom is -0.330 e. The Kier molecular flexibility index (Phi) is 19.2. The van der Waals surface area contributed by atoms with Crippen molar-refractivity contribution in [3.05, 3.63) is 0 Å². The van der Waals surface area contributed by atoms with E-state index in [0.717, 1.165) is 13.0 Å². The van der Waals surface area contributed by atoms with E-state index in [9.17, 15) is 0 Å². The second-order valence-electron chi connectivity index (χ2n) is 2.05. The average molecular weight is 142 g/mol. The van der Waals surface area contributed by atoms with E-state index < -0.39 is 0 Å². The van der Waals surface area contributed by atoms with Crippen molar-refractivity contribution in [1.29, 1.82) is 5.26 Å². The molecule has 0 heterocycles. The summed E-state index contributed by atoms with van der Waals surface area (Å²) in [5.74, 6) is 0. The van der Waals surface area contributed by atoms with Crippen molar-refractivity contribution >= 4 is 0 Å². The van der Waals surface area contributed by atoms with E-state index in [4.69, 9.17) is 11.0 Å². The number of unbranched alkanes of at least 4 members (excludes halogenated alkanes) is 2. The van der Waals surface area contributed by atoms with Crippen LogP contribution in [0.25, 0.3) is 0 Å². The highest BCUT2D eigenvalue weighted by Crippen LogP contribution is 1.77. The van der Waals surface area contributed by atoms with Crippen LogP contribution in [-0.2, 0) is 0 Å². The first-order valence-electron chi connectivity index (χ1n) is 3.90. The van der Waals surface area contributed by atoms with E-state index in [0.29, 0.717) is 6.42 Å². The van der Waals surface area contributed by atoms with Gasteiger partial charge in [-0.15, -0.1) is 0 Å². The molecule has 0 amide bonds. The normalized spacial score (nSPS) is 7.40. The fourth-order valence-corrected chi connectivity index (χ4v) is 0.316. The van der Waals surface area contributed by atoms with Crippen LogP contribution >= 0.6 is 0 Å². The third-order valence-electron chi connectivity index (χ3n) is 0.919. The second kappa shape index (κ2) is 15.8. The van der Waals surface area contributed by atoms with Gasteiger partial charge in [-0.25, -0.2) is 0 Å². The summed E-state index contributed by atoms with van der Waals surface area (Å²) in [5, 5.41) is 7.82. The van der Waals surface area contributed by atoms with E-state index in [2.05, 4.69) is 6.92 Å². The molecule has 0 radical (unpaired) electrons. The molecule has 0 bridgehead atoms. The molecule has 0 aromatic rings. The summed E-state index contributed by atoms with van der Waals surface area (Å²) >= 11 is 0. The highest BCUT2D eigenvalue weighted by Gasteiger charge is 1.68. The highest BCUT2D eigenvalue weighted by molar-refractivity contribution is 4.65. The molecule has 0 aliphatic heterocycles. The third kappa shape index (κ3) is 26.0. The molecule has 0 saturated carbocycles. The Bertz CT molecular complexity index is 71.8. The lowest BCUT2D eigenvalue weighted by atomic mass is 10.3. The largest absolute Gasteiger partial charge is 0.330 e. The number of nitriles is 1. The van der Waals surface area contributed by atoms with Crippen LogP contribution in [0.4, 0.5) is 0 Å². The van der Waals surface area contributed by atoms with Gasteiger partial charge in [-0.1, -0.05) is 20.3 Å². The van der Waals surface area contributed by atoms with Gasteiger partial charge in [-0.3, -0.25) is 0 Å². The Hall–Kier alpha value is -0.550. The van der Waals surface area contributed by atoms with Crippen molar-refractivity contribution < 1.29 is 0 Å². The quantitative estimate of drug-likeness (QED) is 0.655. The lowest BCUT2D eigenvalue weighted by Gasteiger charge is -1.80. The van der Waals surface area contributed by atoms with Crippen LogP contribution in [0.1, 0.15) is 39.5 Å². The van der Waals surface area contributed by atoms with Crippen LogP contribution < -0.4 is 5.73 Å². The summed E-state index contributed by atoms with van der Waals surface area (Å²) in [7, 11) is 0. The molecule has 0 rings (SSSR count). The fourth-order valence-electron chi connectivity index (χ4n) is 0.316. The first-order chi connectivity index (χ1) is 4.83. The molecule has 0 atom stereocenters. The first kappa shape index (κ1) is 12.2. The molecule has 0 aliphatic carbocycles. The maximum atomic E-state index is 7.82. The zero-order chi connectivity index (χ0) is 8.24. The van der Waals surface area contributed by atoms with Crippen molar-refractivity contribution in [2.75, 3.05) is 6.54 Å². The second-order valence-corrected chi connectivity index (χ2v) is 2.05. The predicted molar refractivity (Wildman–Crippen MR) is 44.5 cm³/mol. The summed E-state index contributed by atoms with van der Waals surface area (Å²) in [6.45, 7) is 4.96. The van der Waals surface area contributed by atoms with Gasteiger partial charge in [0.15, 0.2) is 0 Å². The molecule has 2 heteroatoms. The van der Waals surface area contributed by atoms with Crippen LogP contribution in [0, 0.1) is 11.3 Å². The molecule has 0 unspecified atom stereocenters. The first-order valence-corrected chi connectivity index (χ1v) is 3.90. The zero-order valence-corrected chi connectivity index (χ0v) is 7.06.